The highest BCUT2D eigenvalue weighted by molar-refractivity contribution is 7.90. The normalized spacial score (nSPS) is 20.8. The smallest absolute Gasteiger partial charge is 0.319 e. The lowest BCUT2D eigenvalue weighted by Crippen LogP contribution is -2.46. The molecular weight excluding hydrogens is 437 g/mol. The van der Waals surface area contributed by atoms with Gasteiger partial charge in [0.1, 0.15) is 17.9 Å². The summed E-state index contributed by atoms with van der Waals surface area (Å²) in [5, 5.41) is 2.59. The zero-order valence-electron chi connectivity index (χ0n) is 17.6. The third-order valence-corrected chi connectivity index (χ3v) is 7.00. The Morgan fingerprint density at radius 1 is 1.16 bits per heavy atom. The third kappa shape index (κ3) is 3.75. The van der Waals surface area contributed by atoms with E-state index in [1.165, 1.54) is 42.2 Å². The number of anilines is 1. The van der Waals surface area contributed by atoms with E-state index in [0.717, 1.165) is 16.7 Å². The monoisotopic (exact) mass is 459 g/mol. The molecule has 1 N–H and O–H groups in total. The Balaban J connectivity index is 1.57. The number of hydrogen-bond acceptors (Lipinski definition) is 5. The quantitative estimate of drug-likeness (QED) is 0.704. The van der Waals surface area contributed by atoms with Crippen LogP contribution in [-0.2, 0) is 31.4 Å². The minimum absolute atomic E-state index is 0.176. The molecule has 8 nitrogen and oxygen atoms in total. The second kappa shape index (κ2) is 7.70. The van der Waals surface area contributed by atoms with E-state index in [0.29, 0.717) is 30.6 Å². The minimum atomic E-state index is -3.38. The van der Waals surface area contributed by atoms with Crippen molar-refractivity contribution in [3.8, 4) is 0 Å². The number of urea groups is 1. The molecule has 0 saturated carbocycles. The van der Waals surface area contributed by atoms with Crippen LogP contribution in [0.4, 0.5) is 14.9 Å². The van der Waals surface area contributed by atoms with E-state index in [1.807, 2.05) is 0 Å². The molecule has 2 heterocycles. The van der Waals surface area contributed by atoms with Crippen LogP contribution < -0.4 is 10.2 Å². The predicted molar refractivity (Wildman–Crippen MR) is 114 cm³/mol. The van der Waals surface area contributed by atoms with Gasteiger partial charge in [-0.2, -0.15) is 0 Å². The fourth-order valence-corrected chi connectivity index (χ4v) is 4.77. The molecule has 0 aromatic heterocycles. The molecule has 2 aliphatic heterocycles. The van der Waals surface area contributed by atoms with Gasteiger partial charge in [0.2, 0.25) is 5.91 Å². The van der Waals surface area contributed by atoms with Crippen molar-refractivity contribution in [1.29, 1.82) is 0 Å². The molecule has 2 aromatic carbocycles. The summed E-state index contributed by atoms with van der Waals surface area (Å²) in [6, 6.07) is 9.10. The number of nitrogens with zero attached hydrogens (tertiary/aromatic N) is 2. The molecule has 168 valence electrons. The van der Waals surface area contributed by atoms with Crippen LogP contribution in [0.5, 0.6) is 0 Å². The highest BCUT2D eigenvalue weighted by atomic mass is 32.2. The van der Waals surface area contributed by atoms with Gasteiger partial charge in [0.15, 0.2) is 9.84 Å². The Morgan fingerprint density at radius 2 is 1.84 bits per heavy atom. The number of rotatable bonds is 4. The van der Waals surface area contributed by atoms with Gasteiger partial charge in [0.25, 0.3) is 5.91 Å². The number of benzene rings is 2. The largest absolute Gasteiger partial charge is 0.325 e. The predicted octanol–water partition coefficient (Wildman–Crippen LogP) is 1.98. The highest BCUT2D eigenvalue weighted by Crippen LogP contribution is 2.32. The van der Waals surface area contributed by atoms with Gasteiger partial charge in [-0.1, -0.05) is 12.1 Å². The molecule has 1 fully saturated rings. The molecule has 0 aliphatic carbocycles. The summed E-state index contributed by atoms with van der Waals surface area (Å²) < 4.78 is 37.0. The van der Waals surface area contributed by atoms with Crippen LogP contribution in [0.15, 0.2) is 47.4 Å². The molecule has 1 unspecified atom stereocenters. The lowest BCUT2D eigenvalue weighted by Gasteiger charge is -2.31. The standard InChI is InChI=1S/C22H22FN3O5S/c1-22(15-5-7-16(23)8-6-15)20(28)26(21(29)24-22)13-19(27)25-11-3-4-14-12-17(32(2,30)31)9-10-18(14)25/h5-10,12H,3-4,11,13H2,1-2H3,(H,24,29). The number of aryl methyl sites for hydroxylation is 1. The van der Waals surface area contributed by atoms with Gasteiger partial charge in [-0.15, -0.1) is 0 Å². The van der Waals surface area contributed by atoms with Crippen LogP contribution in [0.2, 0.25) is 0 Å². The van der Waals surface area contributed by atoms with Gasteiger partial charge >= 0.3 is 6.03 Å². The summed E-state index contributed by atoms with van der Waals surface area (Å²) in [4.78, 5) is 41.2. The summed E-state index contributed by atoms with van der Waals surface area (Å²) in [6.45, 7) is 1.44. The highest BCUT2D eigenvalue weighted by Gasteiger charge is 2.49. The minimum Gasteiger partial charge on any atom is -0.319 e. The summed E-state index contributed by atoms with van der Waals surface area (Å²) in [5.41, 5.74) is 0.293. The Bertz CT molecular complexity index is 1230. The molecule has 0 radical (unpaired) electrons. The van der Waals surface area contributed by atoms with E-state index in [4.69, 9.17) is 0 Å². The van der Waals surface area contributed by atoms with E-state index in [-0.39, 0.29) is 4.90 Å². The fourth-order valence-electron chi connectivity index (χ4n) is 4.10. The van der Waals surface area contributed by atoms with Crippen LogP contribution in [0.3, 0.4) is 0 Å². The van der Waals surface area contributed by atoms with Crippen LogP contribution in [-0.4, -0.2) is 50.5 Å². The van der Waals surface area contributed by atoms with Crippen molar-refractivity contribution in [2.75, 3.05) is 24.2 Å². The first-order valence-corrected chi connectivity index (χ1v) is 11.9. The SMILES string of the molecule is CC1(c2ccc(F)cc2)NC(=O)N(CC(=O)N2CCCc3cc(S(C)(=O)=O)ccc32)C1=O. The third-order valence-electron chi connectivity index (χ3n) is 5.89. The Morgan fingerprint density at radius 3 is 2.50 bits per heavy atom. The van der Waals surface area contributed by atoms with Gasteiger partial charge < -0.3 is 10.2 Å². The molecule has 10 heteroatoms. The average molecular weight is 459 g/mol. The van der Waals surface area contributed by atoms with Gasteiger partial charge in [0.05, 0.1) is 4.90 Å². The number of halogens is 1. The van der Waals surface area contributed by atoms with E-state index >= 15 is 0 Å². The number of hydrogen-bond donors (Lipinski definition) is 1. The van der Waals surface area contributed by atoms with Crippen molar-refractivity contribution >= 4 is 33.4 Å². The Hall–Kier alpha value is -3.27. The van der Waals surface area contributed by atoms with Crippen molar-refractivity contribution in [2.45, 2.75) is 30.2 Å². The van der Waals surface area contributed by atoms with Crippen LogP contribution >= 0.6 is 0 Å². The second-order valence-electron chi connectivity index (χ2n) is 8.16. The molecule has 1 saturated heterocycles. The number of sulfone groups is 1. The number of amides is 4. The summed E-state index contributed by atoms with van der Waals surface area (Å²) in [7, 11) is -3.38. The summed E-state index contributed by atoms with van der Waals surface area (Å²) in [5.74, 6) is -1.53. The maximum atomic E-state index is 13.3. The van der Waals surface area contributed by atoms with Crippen LogP contribution in [0, 0.1) is 5.82 Å². The van der Waals surface area contributed by atoms with Crippen molar-refractivity contribution in [3.05, 3.63) is 59.4 Å². The molecule has 2 aliphatic rings. The summed E-state index contributed by atoms with van der Waals surface area (Å²) in [6.07, 6.45) is 2.36. The molecule has 4 amide bonds. The van der Waals surface area contributed by atoms with Crippen molar-refractivity contribution in [3.63, 3.8) is 0 Å². The molecule has 1 atom stereocenters. The van der Waals surface area contributed by atoms with Gasteiger partial charge in [-0.25, -0.2) is 17.6 Å². The van der Waals surface area contributed by atoms with Gasteiger partial charge in [-0.05, 0) is 61.2 Å². The lowest BCUT2D eigenvalue weighted by molar-refractivity contribution is -0.134. The Labute approximate surface area is 184 Å². The van der Waals surface area contributed by atoms with Crippen molar-refractivity contribution < 1.29 is 27.2 Å². The molecule has 2 aromatic rings. The van der Waals surface area contributed by atoms with E-state index < -0.39 is 45.6 Å². The topological polar surface area (TPSA) is 104 Å². The molecule has 4 rings (SSSR count). The maximum absolute atomic E-state index is 13.3. The van der Waals surface area contributed by atoms with Crippen molar-refractivity contribution in [2.24, 2.45) is 0 Å². The molecule has 32 heavy (non-hydrogen) atoms. The number of fused-ring (bicyclic) bond motifs is 1. The summed E-state index contributed by atoms with van der Waals surface area (Å²) >= 11 is 0. The van der Waals surface area contributed by atoms with Gasteiger partial charge in [-0.3, -0.25) is 14.5 Å². The van der Waals surface area contributed by atoms with E-state index in [9.17, 15) is 27.2 Å². The first-order chi connectivity index (χ1) is 15.0. The number of imide groups is 1. The first-order valence-electron chi connectivity index (χ1n) is 10.0. The van der Waals surface area contributed by atoms with Crippen LogP contribution in [0.25, 0.3) is 0 Å². The van der Waals surface area contributed by atoms with Crippen LogP contribution in [0.1, 0.15) is 24.5 Å². The molecular formula is C22H22FN3O5S. The maximum Gasteiger partial charge on any atom is 0.325 e. The van der Waals surface area contributed by atoms with E-state index in [1.54, 1.807) is 12.1 Å². The Kier molecular flexibility index (Phi) is 5.28. The fraction of sp³-hybridized carbons (Fsp3) is 0.318. The van der Waals surface area contributed by atoms with E-state index in [2.05, 4.69) is 5.32 Å². The number of carbonyl (C=O) groups is 3. The van der Waals surface area contributed by atoms with Crippen molar-refractivity contribution in [1.82, 2.24) is 10.2 Å². The zero-order valence-corrected chi connectivity index (χ0v) is 18.4. The second-order valence-corrected chi connectivity index (χ2v) is 10.2. The molecule has 0 bridgehead atoms. The average Bonchev–Trinajstić information content (AvgIpc) is 2.96. The zero-order chi connectivity index (χ0) is 23.3. The number of carbonyl (C=O) groups excluding carboxylic acids is 3. The number of nitrogens with one attached hydrogen (secondary N) is 1. The first kappa shape index (κ1) is 21.9. The molecule has 0 spiro atoms. The van der Waals surface area contributed by atoms with Gasteiger partial charge in [0, 0.05) is 18.5 Å². The lowest BCUT2D eigenvalue weighted by atomic mass is 9.92.